The minimum absolute atomic E-state index is 0.213. The first-order valence-electron chi connectivity index (χ1n) is 8.52. The number of methoxy groups -OCH3 is 1. The van der Waals surface area contributed by atoms with Crippen LogP contribution in [-0.4, -0.2) is 31.2 Å². The van der Waals surface area contributed by atoms with E-state index in [1.807, 2.05) is 25.1 Å². The molecular weight excluding hydrogens is 330 g/mol. The van der Waals surface area contributed by atoms with E-state index in [4.69, 9.17) is 14.7 Å². The van der Waals surface area contributed by atoms with Crippen molar-refractivity contribution in [2.24, 2.45) is 0 Å². The minimum Gasteiger partial charge on any atom is -0.496 e. The molecule has 0 amide bonds. The summed E-state index contributed by atoms with van der Waals surface area (Å²) in [5, 5.41) is 12.1. The van der Waals surface area contributed by atoms with Gasteiger partial charge in [-0.05, 0) is 49.1 Å². The highest BCUT2D eigenvalue weighted by Crippen LogP contribution is 2.50. The van der Waals surface area contributed by atoms with Crippen molar-refractivity contribution in [3.63, 3.8) is 0 Å². The summed E-state index contributed by atoms with van der Waals surface area (Å²) in [6.07, 6.45) is 3.17. The SMILES string of the molecule is COc1cc(C2(C(=O)OCCNc3ncccc3C#N)CC2)ccc1C. The number of aromatic nitrogens is 1. The largest absolute Gasteiger partial charge is 0.496 e. The van der Waals surface area contributed by atoms with Crippen molar-refractivity contribution < 1.29 is 14.3 Å². The average Bonchev–Trinajstić information content (AvgIpc) is 3.47. The van der Waals surface area contributed by atoms with Crippen LogP contribution >= 0.6 is 0 Å². The van der Waals surface area contributed by atoms with Crippen LogP contribution < -0.4 is 10.1 Å². The predicted octanol–water partition coefficient (Wildman–Crippen LogP) is 2.96. The number of aryl methyl sites for hydroxylation is 1. The van der Waals surface area contributed by atoms with Gasteiger partial charge in [0, 0.05) is 6.20 Å². The molecule has 1 saturated carbocycles. The van der Waals surface area contributed by atoms with E-state index in [9.17, 15) is 4.79 Å². The monoisotopic (exact) mass is 351 g/mol. The van der Waals surface area contributed by atoms with E-state index in [1.54, 1.807) is 25.4 Å². The first-order chi connectivity index (χ1) is 12.6. The van der Waals surface area contributed by atoms with Gasteiger partial charge in [-0.2, -0.15) is 5.26 Å². The Labute approximate surface area is 152 Å². The van der Waals surface area contributed by atoms with Crippen LogP contribution in [0.1, 0.15) is 29.5 Å². The van der Waals surface area contributed by atoms with Gasteiger partial charge in [0.1, 0.15) is 24.2 Å². The zero-order chi connectivity index (χ0) is 18.6. The summed E-state index contributed by atoms with van der Waals surface area (Å²) in [6.45, 7) is 2.58. The summed E-state index contributed by atoms with van der Waals surface area (Å²) in [5.41, 5.74) is 1.89. The van der Waals surface area contributed by atoms with Gasteiger partial charge in [0.05, 0.1) is 24.6 Å². The molecule has 26 heavy (non-hydrogen) atoms. The molecule has 1 N–H and O–H groups in total. The number of carbonyl (C=O) groups is 1. The molecule has 6 heteroatoms. The molecule has 1 aliphatic rings. The molecule has 0 saturated heterocycles. The number of nitrogens with zero attached hydrogens (tertiary/aromatic N) is 2. The number of pyridine rings is 1. The molecule has 1 aliphatic carbocycles. The highest BCUT2D eigenvalue weighted by atomic mass is 16.5. The van der Waals surface area contributed by atoms with Gasteiger partial charge in [0.25, 0.3) is 0 Å². The normalized spacial score (nSPS) is 14.2. The Morgan fingerprint density at radius 3 is 2.88 bits per heavy atom. The summed E-state index contributed by atoms with van der Waals surface area (Å²) in [7, 11) is 1.63. The molecule has 0 bridgehead atoms. The van der Waals surface area contributed by atoms with E-state index >= 15 is 0 Å². The second-order valence-corrected chi connectivity index (χ2v) is 6.34. The lowest BCUT2D eigenvalue weighted by Crippen LogP contribution is -2.25. The van der Waals surface area contributed by atoms with Gasteiger partial charge >= 0.3 is 5.97 Å². The van der Waals surface area contributed by atoms with E-state index in [1.165, 1.54) is 0 Å². The number of hydrogen-bond donors (Lipinski definition) is 1. The number of rotatable bonds is 7. The fourth-order valence-corrected chi connectivity index (χ4v) is 2.94. The molecule has 1 fully saturated rings. The van der Waals surface area contributed by atoms with Crippen molar-refractivity contribution in [3.8, 4) is 11.8 Å². The van der Waals surface area contributed by atoms with Crippen molar-refractivity contribution in [1.82, 2.24) is 4.98 Å². The van der Waals surface area contributed by atoms with Crippen LogP contribution in [0.4, 0.5) is 5.82 Å². The number of esters is 1. The highest BCUT2D eigenvalue weighted by molar-refractivity contribution is 5.86. The van der Waals surface area contributed by atoms with E-state index in [0.29, 0.717) is 17.9 Å². The molecule has 1 aromatic carbocycles. The van der Waals surface area contributed by atoms with Crippen LogP contribution in [0.3, 0.4) is 0 Å². The second-order valence-electron chi connectivity index (χ2n) is 6.34. The molecule has 0 atom stereocenters. The van der Waals surface area contributed by atoms with Gasteiger partial charge in [0.15, 0.2) is 0 Å². The smallest absolute Gasteiger partial charge is 0.316 e. The third-order valence-electron chi connectivity index (χ3n) is 4.66. The van der Waals surface area contributed by atoms with E-state index in [-0.39, 0.29) is 12.6 Å². The third kappa shape index (κ3) is 3.47. The molecule has 0 spiro atoms. The van der Waals surface area contributed by atoms with Crippen molar-refractivity contribution in [2.45, 2.75) is 25.2 Å². The molecule has 0 aliphatic heterocycles. The van der Waals surface area contributed by atoms with Crippen molar-refractivity contribution in [1.29, 1.82) is 5.26 Å². The van der Waals surface area contributed by atoms with Crippen LogP contribution in [0, 0.1) is 18.3 Å². The summed E-state index contributed by atoms with van der Waals surface area (Å²) in [6, 6.07) is 11.3. The maximum absolute atomic E-state index is 12.6. The lowest BCUT2D eigenvalue weighted by molar-refractivity contribution is -0.146. The fraction of sp³-hybridized carbons (Fsp3) is 0.350. The van der Waals surface area contributed by atoms with Gasteiger partial charge in [-0.3, -0.25) is 4.79 Å². The van der Waals surface area contributed by atoms with Crippen LogP contribution in [-0.2, 0) is 14.9 Å². The Morgan fingerprint density at radius 1 is 1.38 bits per heavy atom. The Balaban J connectivity index is 1.58. The van der Waals surface area contributed by atoms with Crippen LogP contribution in [0.25, 0.3) is 0 Å². The summed E-state index contributed by atoms with van der Waals surface area (Å²) < 4.78 is 10.8. The number of hydrogen-bond acceptors (Lipinski definition) is 6. The Bertz CT molecular complexity index is 854. The lowest BCUT2D eigenvalue weighted by Gasteiger charge is -2.17. The average molecular weight is 351 g/mol. The zero-order valence-corrected chi connectivity index (χ0v) is 14.9. The summed E-state index contributed by atoms with van der Waals surface area (Å²) in [4.78, 5) is 16.7. The molecular formula is C20H21N3O3. The number of nitriles is 1. The van der Waals surface area contributed by atoms with Crippen molar-refractivity contribution in [3.05, 3.63) is 53.2 Å². The second kappa shape index (κ2) is 7.44. The molecule has 0 radical (unpaired) electrons. The maximum Gasteiger partial charge on any atom is 0.316 e. The number of anilines is 1. The number of nitrogens with one attached hydrogen (secondary N) is 1. The number of carbonyl (C=O) groups excluding carboxylic acids is 1. The number of ether oxygens (including phenoxy) is 2. The van der Waals surface area contributed by atoms with Gasteiger partial charge in [0.2, 0.25) is 0 Å². The minimum atomic E-state index is -0.552. The predicted molar refractivity (Wildman–Crippen MR) is 97.0 cm³/mol. The van der Waals surface area contributed by atoms with Crippen molar-refractivity contribution >= 4 is 11.8 Å². The summed E-state index contributed by atoms with van der Waals surface area (Å²) in [5.74, 6) is 1.06. The fourth-order valence-electron chi connectivity index (χ4n) is 2.94. The van der Waals surface area contributed by atoms with E-state index in [2.05, 4.69) is 16.4 Å². The quantitative estimate of drug-likeness (QED) is 0.610. The van der Waals surface area contributed by atoms with Gasteiger partial charge < -0.3 is 14.8 Å². The molecule has 1 heterocycles. The standard InChI is InChI=1S/C20H21N3O3/c1-14-5-6-16(12-17(14)25-2)20(7-8-20)19(24)26-11-10-23-18-15(13-21)4-3-9-22-18/h3-6,9,12H,7-8,10-11H2,1-2H3,(H,22,23). The highest BCUT2D eigenvalue weighted by Gasteiger charge is 2.53. The summed E-state index contributed by atoms with van der Waals surface area (Å²) >= 11 is 0. The van der Waals surface area contributed by atoms with Crippen LogP contribution in [0.2, 0.25) is 0 Å². The van der Waals surface area contributed by atoms with Gasteiger partial charge in [-0.1, -0.05) is 12.1 Å². The Kier molecular flexibility index (Phi) is 5.08. The Morgan fingerprint density at radius 2 is 2.19 bits per heavy atom. The first-order valence-corrected chi connectivity index (χ1v) is 8.52. The zero-order valence-electron chi connectivity index (χ0n) is 14.9. The molecule has 0 unspecified atom stereocenters. The van der Waals surface area contributed by atoms with Gasteiger partial charge in [-0.25, -0.2) is 4.98 Å². The third-order valence-corrected chi connectivity index (χ3v) is 4.66. The topological polar surface area (TPSA) is 84.2 Å². The Hall–Kier alpha value is -3.07. The van der Waals surface area contributed by atoms with E-state index in [0.717, 1.165) is 29.7 Å². The number of benzene rings is 1. The molecule has 134 valence electrons. The van der Waals surface area contributed by atoms with Crippen LogP contribution in [0.15, 0.2) is 36.5 Å². The van der Waals surface area contributed by atoms with Crippen LogP contribution in [0.5, 0.6) is 5.75 Å². The molecule has 6 nitrogen and oxygen atoms in total. The molecule has 3 rings (SSSR count). The maximum atomic E-state index is 12.6. The van der Waals surface area contributed by atoms with E-state index < -0.39 is 5.41 Å². The molecule has 1 aromatic heterocycles. The first kappa shape index (κ1) is 17.7. The lowest BCUT2D eigenvalue weighted by atomic mass is 9.95. The van der Waals surface area contributed by atoms with Gasteiger partial charge in [-0.15, -0.1) is 0 Å². The van der Waals surface area contributed by atoms with Crippen molar-refractivity contribution in [2.75, 3.05) is 25.6 Å². The molecule has 2 aromatic rings.